The van der Waals surface area contributed by atoms with E-state index < -0.39 is 6.10 Å². The quantitative estimate of drug-likeness (QED) is 0.0383. The van der Waals surface area contributed by atoms with Gasteiger partial charge in [-0.2, -0.15) is 0 Å². The van der Waals surface area contributed by atoms with Crippen molar-refractivity contribution in [3.8, 4) is 0 Å². The van der Waals surface area contributed by atoms with Crippen molar-refractivity contribution in [1.82, 2.24) is 0 Å². The summed E-state index contributed by atoms with van der Waals surface area (Å²) in [5.74, 6) is -0.201. The van der Waals surface area contributed by atoms with E-state index in [2.05, 4.69) is 38.2 Å². The summed E-state index contributed by atoms with van der Waals surface area (Å²) in [7, 11) is 0. The van der Waals surface area contributed by atoms with Crippen LogP contribution in [0.15, 0.2) is 24.3 Å². The molecule has 0 saturated heterocycles. The molecule has 0 heterocycles. The summed E-state index contributed by atoms with van der Waals surface area (Å²) >= 11 is 0. The molecule has 0 saturated carbocycles. The monoisotopic (exact) mass is 747 g/mol. The highest BCUT2D eigenvalue weighted by molar-refractivity contribution is 5.69. The molecule has 53 heavy (non-hydrogen) atoms. The number of aliphatic hydroxyl groups is 1. The highest BCUT2D eigenvalue weighted by Gasteiger charge is 2.13. The van der Waals surface area contributed by atoms with Crippen LogP contribution in [0.4, 0.5) is 0 Å². The average molecular weight is 747 g/mol. The molecule has 314 valence electrons. The van der Waals surface area contributed by atoms with Crippen molar-refractivity contribution in [3.63, 3.8) is 0 Å². The molecular formula is C49H94O4. The zero-order chi connectivity index (χ0) is 38.4. The first-order chi connectivity index (χ1) is 26.2. The van der Waals surface area contributed by atoms with Crippen molar-refractivity contribution in [2.45, 2.75) is 264 Å². The molecule has 4 nitrogen and oxygen atoms in total. The van der Waals surface area contributed by atoms with Crippen LogP contribution >= 0.6 is 0 Å². The van der Waals surface area contributed by atoms with Gasteiger partial charge in [0.15, 0.2) is 0 Å². The van der Waals surface area contributed by atoms with Crippen LogP contribution in [0, 0.1) is 0 Å². The number of rotatable bonds is 45. The van der Waals surface area contributed by atoms with E-state index in [1.54, 1.807) is 0 Å². The molecule has 0 radical (unpaired) electrons. The van der Waals surface area contributed by atoms with E-state index in [0.717, 1.165) is 19.3 Å². The summed E-state index contributed by atoms with van der Waals surface area (Å²) in [6, 6.07) is 0. The van der Waals surface area contributed by atoms with Gasteiger partial charge in [0.25, 0.3) is 0 Å². The summed E-state index contributed by atoms with van der Waals surface area (Å²) in [6.45, 7) is 5.37. The number of ether oxygens (including phenoxy) is 2. The van der Waals surface area contributed by atoms with E-state index in [9.17, 15) is 9.90 Å². The van der Waals surface area contributed by atoms with E-state index >= 15 is 0 Å². The van der Waals surface area contributed by atoms with Gasteiger partial charge in [-0.3, -0.25) is 4.79 Å². The number of carbonyl (C=O) groups excluding carboxylic acids is 1. The second-order valence-corrected chi connectivity index (χ2v) is 16.2. The van der Waals surface area contributed by atoms with Crippen LogP contribution in [-0.2, 0) is 14.3 Å². The van der Waals surface area contributed by atoms with Gasteiger partial charge in [0.2, 0.25) is 0 Å². The van der Waals surface area contributed by atoms with Gasteiger partial charge in [-0.15, -0.1) is 0 Å². The largest absolute Gasteiger partial charge is 0.457 e. The highest BCUT2D eigenvalue weighted by atomic mass is 16.6. The maximum absolute atomic E-state index is 12.2. The van der Waals surface area contributed by atoms with Gasteiger partial charge < -0.3 is 14.6 Å². The lowest BCUT2D eigenvalue weighted by molar-refractivity contribution is -0.154. The summed E-state index contributed by atoms with van der Waals surface area (Å²) < 4.78 is 11.2. The maximum atomic E-state index is 12.2. The Morgan fingerprint density at radius 2 is 0.736 bits per heavy atom. The summed E-state index contributed by atoms with van der Waals surface area (Å²) in [5.41, 5.74) is 0. The molecule has 0 aliphatic carbocycles. The smallest absolute Gasteiger partial charge is 0.306 e. The van der Waals surface area contributed by atoms with Crippen LogP contribution in [-0.4, -0.2) is 37.0 Å². The van der Waals surface area contributed by atoms with Crippen LogP contribution in [0.25, 0.3) is 0 Å². The first kappa shape index (κ1) is 51.9. The summed E-state index contributed by atoms with van der Waals surface area (Å²) in [4.78, 5) is 12.2. The Hall–Kier alpha value is -1.13. The van der Waals surface area contributed by atoms with Crippen LogP contribution in [0.5, 0.6) is 0 Å². The van der Waals surface area contributed by atoms with Crippen molar-refractivity contribution in [2.75, 3.05) is 19.8 Å². The number of hydrogen-bond acceptors (Lipinski definition) is 4. The lowest BCUT2D eigenvalue weighted by Crippen LogP contribution is -2.27. The molecule has 1 N–H and O–H groups in total. The van der Waals surface area contributed by atoms with Crippen molar-refractivity contribution < 1.29 is 19.4 Å². The Morgan fingerprint density at radius 3 is 1.08 bits per heavy atom. The summed E-state index contributed by atoms with van der Waals surface area (Å²) in [5, 5.41) is 9.62. The fourth-order valence-electron chi connectivity index (χ4n) is 7.14. The Morgan fingerprint density at radius 1 is 0.434 bits per heavy atom. The number of aliphatic hydroxyl groups excluding tert-OH is 1. The predicted octanol–water partition coefficient (Wildman–Crippen LogP) is 15.9. The second-order valence-electron chi connectivity index (χ2n) is 16.2. The number of allylic oxidation sites excluding steroid dienone is 4. The van der Waals surface area contributed by atoms with Gasteiger partial charge in [-0.1, -0.05) is 212 Å². The fraction of sp³-hybridized carbons (Fsp3) is 0.898. The van der Waals surface area contributed by atoms with Gasteiger partial charge in [-0.25, -0.2) is 0 Å². The topological polar surface area (TPSA) is 55.8 Å². The number of unbranched alkanes of at least 4 members (excludes halogenated alkanes) is 33. The molecule has 0 spiro atoms. The lowest BCUT2D eigenvalue weighted by Gasteiger charge is -2.16. The molecule has 0 aromatic carbocycles. The Bertz CT molecular complexity index is 747. The van der Waals surface area contributed by atoms with E-state index in [-0.39, 0.29) is 12.6 Å². The molecule has 4 heteroatoms. The van der Waals surface area contributed by atoms with Gasteiger partial charge >= 0.3 is 5.97 Å². The van der Waals surface area contributed by atoms with Gasteiger partial charge in [-0.05, 0) is 64.2 Å². The molecule has 0 bridgehead atoms. The van der Waals surface area contributed by atoms with Crippen molar-refractivity contribution in [1.29, 1.82) is 0 Å². The number of hydrogen-bond donors (Lipinski definition) is 1. The molecule has 0 fully saturated rings. The Labute approximate surface area is 332 Å². The van der Waals surface area contributed by atoms with Crippen LogP contribution in [0.3, 0.4) is 0 Å². The molecule has 0 aliphatic rings. The third-order valence-corrected chi connectivity index (χ3v) is 10.7. The van der Waals surface area contributed by atoms with Crippen molar-refractivity contribution >= 4 is 5.97 Å². The third-order valence-electron chi connectivity index (χ3n) is 10.7. The van der Waals surface area contributed by atoms with Crippen LogP contribution in [0.1, 0.15) is 258 Å². The second kappa shape index (κ2) is 47.0. The fourth-order valence-corrected chi connectivity index (χ4v) is 7.14. The highest BCUT2D eigenvalue weighted by Crippen LogP contribution is 2.15. The van der Waals surface area contributed by atoms with E-state index in [1.165, 1.54) is 218 Å². The molecular weight excluding hydrogens is 653 g/mol. The molecule has 0 rings (SSSR count). The maximum Gasteiger partial charge on any atom is 0.306 e. The molecule has 0 amide bonds. The molecule has 0 aliphatic heterocycles. The zero-order valence-electron chi connectivity index (χ0n) is 36.1. The van der Waals surface area contributed by atoms with E-state index in [4.69, 9.17) is 9.47 Å². The molecule has 0 aromatic rings. The van der Waals surface area contributed by atoms with Crippen LogP contribution < -0.4 is 0 Å². The Kier molecular flexibility index (Phi) is 46.0. The lowest BCUT2D eigenvalue weighted by atomic mass is 10.0. The standard InChI is InChI=1S/C49H94O4/c1-3-5-7-9-11-13-15-17-19-21-22-23-24-25-26-27-29-31-33-35-37-39-41-43-45-52-47-48(46-50)53-49(51)44-42-40-38-36-34-32-30-28-20-18-16-14-12-10-8-6-4-2/h18,20-22,48,50H,3-17,19,23-47H2,1-2H3/b20-18-,22-21-. The summed E-state index contributed by atoms with van der Waals surface area (Å²) in [6.07, 6.45) is 58.3. The van der Waals surface area contributed by atoms with Gasteiger partial charge in [0.1, 0.15) is 6.10 Å². The molecule has 1 unspecified atom stereocenters. The zero-order valence-corrected chi connectivity index (χ0v) is 36.1. The minimum absolute atomic E-state index is 0.170. The first-order valence-electron chi connectivity index (χ1n) is 23.9. The van der Waals surface area contributed by atoms with Crippen molar-refractivity contribution in [3.05, 3.63) is 24.3 Å². The van der Waals surface area contributed by atoms with E-state index in [0.29, 0.717) is 19.6 Å². The third kappa shape index (κ3) is 45.2. The van der Waals surface area contributed by atoms with Gasteiger partial charge in [0, 0.05) is 13.0 Å². The molecule has 0 aromatic heterocycles. The average Bonchev–Trinajstić information content (AvgIpc) is 3.16. The Balaban J connectivity index is 3.37. The SMILES string of the molecule is CCCCCCCC/C=C\CCCCCCCCCC(=O)OC(CO)COCCCCCCCCCCCCCC/C=C\CCCCCCCCCC. The number of carbonyl (C=O) groups is 1. The molecule has 1 atom stereocenters. The van der Waals surface area contributed by atoms with Crippen LogP contribution in [0.2, 0.25) is 0 Å². The van der Waals surface area contributed by atoms with Gasteiger partial charge in [0.05, 0.1) is 13.2 Å². The normalized spacial score (nSPS) is 12.4. The number of esters is 1. The van der Waals surface area contributed by atoms with Crippen molar-refractivity contribution in [2.24, 2.45) is 0 Å². The minimum atomic E-state index is -0.534. The predicted molar refractivity (Wildman–Crippen MR) is 233 cm³/mol. The first-order valence-corrected chi connectivity index (χ1v) is 23.9. The van der Waals surface area contributed by atoms with E-state index in [1.807, 2.05) is 0 Å². The minimum Gasteiger partial charge on any atom is -0.457 e.